The minimum Gasteiger partial charge on any atom is -0.481 e. The Kier molecular flexibility index (Phi) is 19.7. The summed E-state index contributed by atoms with van der Waals surface area (Å²) in [6.45, 7) is 2.63. The average Bonchev–Trinajstić information content (AvgIpc) is 2.73. The molecule has 0 fully saturated rings. The van der Waals surface area contributed by atoms with Crippen LogP contribution in [0, 0.1) is 0 Å². The summed E-state index contributed by atoms with van der Waals surface area (Å²) in [6.07, 6.45) is 30.5. The fourth-order valence-electron chi connectivity index (χ4n) is 3.24. The van der Waals surface area contributed by atoms with E-state index in [2.05, 4.69) is 61.6 Å². The number of carboxylic acid groups (broad SMARTS) is 1. The SMILES string of the molecule is CCC=CCCC=CCC=CCCC=CCCC=CCCC(=O)OC(CC(=O)O)C[N+](C)(C)C. The number of ether oxygens (including phenoxy) is 1. The van der Waals surface area contributed by atoms with Crippen LogP contribution in [-0.2, 0) is 14.3 Å². The zero-order chi connectivity index (χ0) is 25.5. The lowest BCUT2D eigenvalue weighted by atomic mass is 10.2. The molecule has 0 radical (unpaired) electrons. The van der Waals surface area contributed by atoms with Gasteiger partial charge in [-0.3, -0.25) is 9.59 Å². The molecule has 5 nitrogen and oxygen atoms in total. The van der Waals surface area contributed by atoms with Gasteiger partial charge in [-0.15, -0.1) is 0 Å². The summed E-state index contributed by atoms with van der Waals surface area (Å²) in [5.74, 6) is -1.29. The first kappa shape index (κ1) is 31.6. The number of carbonyl (C=O) groups excluding carboxylic acids is 1. The van der Waals surface area contributed by atoms with Crippen molar-refractivity contribution >= 4 is 11.9 Å². The maximum Gasteiger partial charge on any atom is 0.307 e. The molecule has 0 aromatic heterocycles. The van der Waals surface area contributed by atoms with Gasteiger partial charge in [0.2, 0.25) is 0 Å². The van der Waals surface area contributed by atoms with Crippen molar-refractivity contribution in [1.29, 1.82) is 0 Å². The molecule has 192 valence electrons. The predicted molar refractivity (Wildman–Crippen MR) is 143 cm³/mol. The van der Waals surface area contributed by atoms with E-state index in [0.717, 1.165) is 51.4 Å². The Morgan fingerprint density at radius 2 is 1.18 bits per heavy atom. The van der Waals surface area contributed by atoms with Crippen LogP contribution in [-0.4, -0.2) is 55.3 Å². The Bertz CT molecular complexity index is 681. The van der Waals surface area contributed by atoms with Gasteiger partial charge in [0.1, 0.15) is 6.54 Å². The lowest BCUT2D eigenvalue weighted by molar-refractivity contribution is -0.873. The average molecular weight is 475 g/mol. The van der Waals surface area contributed by atoms with Crippen molar-refractivity contribution in [3.05, 3.63) is 60.8 Å². The van der Waals surface area contributed by atoms with Gasteiger partial charge in [-0.05, 0) is 57.8 Å². The van der Waals surface area contributed by atoms with E-state index in [0.29, 0.717) is 17.4 Å². The topological polar surface area (TPSA) is 63.6 Å². The highest BCUT2D eigenvalue weighted by Crippen LogP contribution is 2.08. The summed E-state index contributed by atoms with van der Waals surface area (Å²) in [5, 5.41) is 9.02. The Balaban J connectivity index is 3.82. The highest BCUT2D eigenvalue weighted by Gasteiger charge is 2.24. The highest BCUT2D eigenvalue weighted by molar-refractivity contribution is 5.71. The lowest BCUT2D eigenvalue weighted by Gasteiger charge is -2.28. The Labute approximate surface area is 208 Å². The second kappa shape index (κ2) is 21.2. The first-order valence-corrected chi connectivity index (χ1v) is 12.7. The number of rotatable bonds is 20. The molecule has 1 unspecified atom stereocenters. The fourth-order valence-corrected chi connectivity index (χ4v) is 3.24. The number of quaternary nitrogens is 1. The van der Waals surface area contributed by atoms with Crippen molar-refractivity contribution in [2.24, 2.45) is 0 Å². The van der Waals surface area contributed by atoms with Gasteiger partial charge >= 0.3 is 11.9 Å². The van der Waals surface area contributed by atoms with Crippen molar-refractivity contribution in [3.63, 3.8) is 0 Å². The van der Waals surface area contributed by atoms with E-state index in [1.54, 1.807) is 0 Å². The second-order valence-corrected chi connectivity index (χ2v) is 9.45. The van der Waals surface area contributed by atoms with E-state index >= 15 is 0 Å². The van der Waals surface area contributed by atoms with Crippen LogP contribution in [0.25, 0.3) is 0 Å². The molecule has 0 rings (SSSR count). The summed E-state index contributed by atoms with van der Waals surface area (Å²) in [6, 6.07) is 0. The number of carbonyl (C=O) groups is 2. The number of aliphatic carboxylic acids is 1. The number of allylic oxidation sites excluding steroid dienone is 10. The van der Waals surface area contributed by atoms with Crippen LogP contribution in [0.2, 0.25) is 0 Å². The number of likely N-dealkylation sites (N-methyl/N-ethyl adjacent to an activating group) is 1. The number of esters is 1. The number of nitrogens with zero attached hydrogens (tertiary/aromatic N) is 1. The molecular formula is C29H48NO4+. The van der Waals surface area contributed by atoms with E-state index in [9.17, 15) is 9.59 Å². The largest absolute Gasteiger partial charge is 0.481 e. The maximum atomic E-state index is 12.0. The number of hydrogen-bond acceptors (Lipinski definition) is 3. The van der Waals surface area contributed by atoms with Gasteiger partial charge in [0.25, 0.3) is 0 Å². The summed E-state index contributed by atoms with van der Waals surface area (Å²) in [7, 11) is 5.85. The van der Waals surface area contributed by atoms with Crippen LogP contribution in [0.15, 0.2) is 60.8 Å². The van der Waals surface area contributed by atoms with Crippen LogP contribution in [0.5, 0.6) is 0 Å². The van der Waals surface area contributed by atoms with Gasteiger partial charge in [0.15, 0.2) is 6.10 Å². The molecule has 1 N–H and O–H groups in total. The van der Waals surface area contributed by atoms with Crippen molar-refractivity contribution in [2.75, 3.05) is 27.7 Å². The fraction of sp³-hybridized carbons (Fsp3) is 0.586. The molecule has 34 heavy (non-hydrogen) atoms. The smallest absolute Gasteiger partial charge is 0.307 e. The first-order valence-electron chi connectivity index (χ1n) is 12.7. The Hall–Kier alpha value is -2.40. The highest BCUT2D eigenvalue weighted by atomic mass is 16.5. The minimum atomic E-state index is -0.950. The number of hydrogen-bond donors (Lipinski definition) is 1. The van der Waals surface area contributed by atoms with E-state index in [4.69, 9.17) is 9.84 Å². The standard InChI is InChI=1S/C29H47NO4/c1-5-6-7-8-9-10-11-12-13-14-15-16-17-18-19-20-21-22-23-24-29(33)34-27(25-28(31)32)26-30(2,3)4/h6-7,10-11,13-14,17-18,21-22,27H,5,8-9,12,15-16,19-20,23-26H2,1-4H3/p+1. The van der Waals surface area contributed by atoms with Crippen LogP contribution >= 0.6 is 0 Å². The first-order chi connectivity index (χ1) is 16.2. The summed E-state index contributed by atoms with van der Waals surface area (Å²) < 4.78 is 5.93. The Morgan fingerprint density at radius 3 is 1.62 bits per heavy atom. The van der Waals surface area contributed by atoms with Crippen molar-refractivity contribution in [3.8, 4) is 0 Å². The predicted octanol–water partition coefficient (Wildman–Crippen LogP) is 6.78. The van der Waals surface area contributed by atoms with E-state index in [1.807, 2.05) is 27.2 Å². The van der Waals surface area contributed by atoms with Gasteiger partial charge in [0, 0.05) is 6.42 Å². The van der Waals surface area contributed by atoms with Gasteiger partial charge in [-0.1, -0.05) is 67.7 Å². The van der Waals surface area contributed by atoms with Crippen LogP contribution in [0.3, 0.4) is 0 Å². The molecule has 0 aliphatic carbocycles. The van der Waals surface area contributed by atoms with Gasteiger partial charge < -0.3 is 14.3 Å². The molecule has 0 bridgehead atoms. The van der Waals surface area contributed by atoms with Crippen LogP contribution in [0.1, 0.15) is 77.6 Å². The molecule has 0 saturated carbocycles. The third-order valence-electron chi connectivity index (χ3n) is 4.81. The monoisotopic (exact) mass is 474 g/mol. The normalized spacial score (nSPS) is 13.8. The summed E-state index contributed by atoms with van der Waals surface area (Å²) in [5.41, 5.74) is 0. The molecule has 0 amide bonds. The summed E-state index contributed by atoms with van der Waals surface area (Å²) in [4.78, 5) is 23.0. The quantitative estimate of drug-likeness (QED) is 0.0914. The maximum absolute atomic E-state index is 12.0. The molecule has 0 aliphatic heterocycles. The molecule has 0 saturated heterocycles. The number of carboxylic acids is 1. The molecule has 0 aliphatic rings. The van der Waals surface area contributed by atoms with Crippen molar-refractivity contribution in [2.45, 2.75) is 83.7 Å². The lowest BCUT2D eigenvalue weighted by Crippen LogP contribution is -2.43. The molecule has 0 heterocycles. The summed E-state index contributed by atoms with van der Waals surface area (Å²) >= 11 is 0. The van der Waals surface area contributed by atoms with E-state index in [1.165, 1.54) is 0 Å². The van der Waals surface area contributed by atoms with E-state index < -0.39 is 12.1 Å². The third kappa shape index (κ3) is 24.2. The molecule has 5 heteroatoms. The molecule has 0 aromatic rings. The molecule has 1 atom stereocenters. The van der Waals surface area contributed by atoms with Crippen LogP contribution < -0.4 is 0 Å². The second-order valence-electron chi connectivity index (χ2n) is 9.45. The molecule has 0 spiro atoms. The zero-order valence-corrected chi connectivity index (χ0v) is 22.0. The number of unbranched alkanes of at least 4 members (excludes halogenated alkanes) is 3. The Morgan fingerprint density at radius 1 is 0.735 bits per heavy atom. The molecular weight excluding hydrogens is 426 g/mol. The minimum absolute atomic E-state index is 0.159. The van der Waals surface area contributed by atoms with E-state index in [-0.39, 0.29) is 18.8 Å². The van der Waals surface area contributed by atoms with Gasteiger partial charge in [-0.2, -0.15) is 0 Å². The van der Waals surface area contributed by atoms with Crippen molar-refractivity contribution < 1.29 is 23.9 Å². The van der Waals surface area contributed by atoms with Crippen LogP contribution in [0.4, 0.5) is 0 Å². The third-order valence-corrected chi connectivity index (χ3v) is 4.81. The zero-order valence-electron chi connectivity index (χ0n) is 22.0. The van der Waals surface area contributed by atoms with Gasteiger partial charge in [0.05, 0.1) is 27.6 Å². The van der Waals surface area contributed by atoms with Crippen molar-refractivity contribution in [1.82, 2.24) is 0 Å². The molecule has 0 aromatic carbocycles. The van der Waals surface area contributed by atoms with Gasteiger partial charge in [-0.25, -0.2) is 0 Å².